The largest absolute Gasteiger partial charge is 0.481 e. The monoisotopic (exact) mass is 318 g/mol. The highest BCUT2D eigenvalue weighted by atomic mass is 35.5. The van der Waals surface area contributed by atoms with E-state index in [1.165, 1.54) is 0 Å². The first kappa shape index (κ1) is 14.9. The molecule has 0 fully saturated rings. The van der Waals surface area contributed by atoms with Gasteiger partial charge in [-0.25, -0.2) is 0 Å². The number of hydrogen-bond donors (Lipinski definition) is 2. The minimum Gasteiger partial charge on any atom is -0.481 e. The fourth-order valence-electron chi connectivity index (χ4n) is 3.07. The van der Waals surface area contributed by atoms with Crippen LogP contribution in [0, 0.1) is 0 Å². The third-order valence-electron chi connectivity index (χ3n) is 4.00. The Labute approximate surface area is 133 Å². The number of likely N-dealkylation sites (N-methyl/N-ethyl adjacent to an activating group) is 1. The summed E-state index contributed by atoms with van der Waals surface area (Å²) in [5, 5.41) is 12.3. The smallest absolute Gasteiger partial charge is 0.311 e. The minimum absolute atomic E-state index is 0.182. The van der Waals surface area contributed by atoms with E-state index in [4.69, 9.17) is 16.3 Å². The van der Waals surface area contributed by atoms with Gasteiger partial charge in [-0.2, -0.15) is 0 Å². The van der Waals surface area contributed by atoms with Crippen molar-refractivity contribution in [1.82, 2.24) is 0 Å². The Balaban J connectivity index is 2.24. The summed E-state index contributed by atoms with van der Waals surface area (Å²) in [6, 6.07) is 12.8. The molecule has 0 saturated carbocycles. The number of quaternary nitrogens is 1. The van der Waals surface area contributed by atoms with E-state index in [-0.39, 0.29) is 5.92 Å². The molecular weight excluding hydrogens is 302 g/mol. The average molecular weight is 319 g/mol. The zero-order valence-corrected chi connectivity index (χ0v) is 12.9. The third-order valence-corrected chi connectivity index (χ3v) is 4.24. The Morgan fingerprint density at radius 3 is 2.68 bits per heavy atom. The van der Waals surface area contributed by atoms with Crippen molar-refractivity contribution in [2.75, 3.05) is 13.6 Å². The number of ether oxygens (including phenoxy) is 1. The summed E-state index contributed by atoms with van der Waals surface area (Å²) in [6.07, 6.45) is 0. The normalized spacial score (nSPS) is 19.5. The molecular formula is C17H17ClNO3+. The van der Waals surface area contributed by atoms with E-state index in [1.807, 2.05) is 36.6 Å². The van der Waals surface area contributed by atoms with Gasteiger partial charge in [0, 0.05) is 16.1 Å². The molecule has 2 aromatic carbocycles. The molecule has 2 aromatic rings. The molecule has 0 aliphatic carbocycles. The van der Waals surface area contributed by atoms with Crippen LogP contribution in [0.3, 0.4) is 0 Å². The molecule has 4 nitrogen and oxygen atoms in total. The number of carbonyl (C=O) groups is 1. The fourth-order valence-corrected chi connectivity index (χ4v) is 3.25. The Morgan fingerprint density at radius 2 is 1.95 bits per heavy atom. The molecule has 0 radical (unpaired) electrons. The molecule has 1 aliphatic heterocycles. The van der Waals surface area contributed by atoms with Gasteiger partial charge in [0.1, 0.15) is 11.5 Å². The number of aliphatic carboxylic acids is 1. The first-order valence-corrected chi connectivity index (χ1v) is 7.56. The van der Waals surface area contributed by atoms with Crippen molar-refractivity contribution < 1.29 is 20.0 Å². The van der Waals surface area contributed by atoms with Crippen LogP contribution in [0.15, 0.2) is 42.5 Å². The Kier molecular flexibility index (Phi) is 4.05. The third kappa shape index (κ3) is 2.56. The maximum Gasteiger partial charge on any atom is 0.311 e. The van der Waals surface area contributed by atoms with Gasteiger partial charge < -0.3 is 15.2 Å². The molecule has 0 amide bonds. The van der Waals surface area contributed by atoms with Crippen LogP contribution in [0.5, 0.6) is 11.5 Å². The standard InChI is InChI=1S/C17H16ClNO3/c1-19-9-13-11-4-2-3-5-14(11)22-15-7-6-10(18)8-12(15)16(13)17(20)21/h2-8,13,16,19H,9H2,1H3,(H,20,21)/p+1/t13-,16-/m0/s1. The lowest BCUT2D eigenvalue weighted by Crippen LogP contribution is -2.81. The molecule has 1 aliphatic rings. The van der Waals surface area contributed by atoms with E-state index >= 15 is 0 Å². The van der Waals surface area contributed by atoms with E-state index in [0.717, 1.165) is 5.56 Å². The zero-order chi connectivity index (χ0) is 15.7. The highest BCUT2D eigenvalue weighted by Gasteiger charge is 2.38. The Bertz CT molecular complexity index is 717. The van der Waals surface area contributed by atoms with E-state index in [0.29, 0.717) is 28.6 Å². The topological polar surface area (TPSA) is 63.1 Å². The molecule has 114 valence electrons. The fraction of sp³-hybridized carbons (Fsp3) is 0.235. The van der Waals surface area contributed by atoms with Crippen molar-refractivity contribution in [2.45, 2.75) is 11.8 Å². The molecule has 0 aromatic heterocycles. The van der Waals surface area contributed by atoms with Gasteiger partial charge in [0.2, 0.25) is 0 Å². The SMILES string of the molecule is C[NH2+]C[C@H]1c2ccccc2Oc2ccc(Cl)cc2[C@@H]1C(=O)O. The number of fused-ring (bicyclic) bond motifs is 2. The lowest BCUT2D eigenvalue weighted by Gasteiger charge is -2.21. The van der Waals surface area contributed by atoms with Crippen LogP contribution in [0.25, 0.3) is 0 Å². The summed E-state index contributed by atoms with van der Waals surface area (Å²) in [5.74, 6) is -0.466. The molecule has 22 heavy (non-hydrogen) atoms. The van der Waals surface area contributed by atoms with Gasteiger partial charge in [-0.15, -0.1) is 0 Å². The summed E-state index contributed by atoms with van der Waals surface area (Å²) in [7, 11) is 1.94. The average Bonchev–Trinajstić information content (AvgIpc) is 2.62. The van der Waals surface area contributed by atoms with E-state index in [9.17, 15) is 9.90 Å². The van der Waals surface area contributed by atoms with Gasteiger partial charge in [0.15, 0.2) is 0 Å². The van der Waals surface area contributed by atoms with Gasteiger partial charge in [-0.1, -0.05) is 29.8 Å². The highest BCUT2D eigenvalue weighted by Crippen LogP contribution is 2.46. The van der Waals surface area contributed by atoms with Gasteiger partial charge in [-0.05, 0) is 24.3 Å². The van der Waals surface area contributed by atoms with Gasteiger partial charge >= 0.3 is 5.97 Å². The molecule has 0 unspecified atom stereocenters. The second kappa shape index (κ2) is 5.99. The van der Waals surface area contributed by atoms with E-state index < -0.39 is 11.9 Å². The molecule has 5 heteroatoms. The second-order valence-electron chi connectivity index (χ2n) is 5.39. The van der Waals surface area contributed by atoms with E-state index in [2.05, 4.69) is 0 Å². The first-order chi connectivity index (χ1) is 10.6. The van der Waals surface area contributed by atoms with Crippen LogP contribution < -0.4 is 10.1 Å². The van der Waals surface area contributed by atoms with Crippen molar-refractivity contribution in [3.63, 3.8) is 0 Å². The van der Waals surface area contributed by atoms with Crippen molar-refractivity contribution in [3.05, 3.63) is 58.6 Å². The van der Waals surface area contributed by atoms with Crippen LogP contribution in [-0.4, -0.2) is 24.7 Å². The molecule has 0 spiro atoms. The van der Waals surface area contributed by atoms with Gasteiger partial charge in [0.05, 0.1) is 25.4 Å². The second-order valence-corrected chi connectivity index (χ2v) is 5.82. The highest BCUT2D eigenvalue weighted by molar-refractivity contribution is 6.30. The van der Waals surface area contributed by atoms with Crippen LogP contribution in [0.4, 0.5) is 0 Å². The van der Waals surface area contributed by atoms with Gasteiger partial charge in [-0.3, -0.25) is 4.79 Å². The maximum atomic E-state index is 12.0. The molecule has 1 heterocycles. The first-order valence-electron chi connectivity index (χ1n) is 7.18. The summed E-state index contributed by atoms with van der Waals surface area (Å²) in [5.41, 5.74) is 1.54. The van der Waals surface area contributed by atoms with Crippen LogP contribution >= 0.6 is 11.6 Å². The zero-order valence-electron chi connectivity index (χ0n) is 12.1. The number of para-hydroxylation sites is 1. The lowest BCUT2D eigenvalue weighted by atomic mass is 9.81. The number of benzene rings is 2. The molecule has 3 N–H and O–H groups in total. The summed E-state index contributed by atoms with van der Waals surface area (Å²) >= 11 is 6.08. The Morgan fingerprint density at radius 1 is 1.23 bits per heavy atom. The van der Waals surface area contributed by atoms with Crippen molar-refractivity contribution in [2.24, 2.45) is 0 Å². The van der Waals surface area contributed by atoms with Crippen LogP contribution in [-0.2, 0) is 4.79 Å². The minimum atomic E-state index is -0.865. The number of nitrogens with two attached hydrogens (primary N) is 1. The predicted octanol–water partition coefficient (Wildman–Crippen LogP) is 2.59. The summed E-state index contributed by atoms with van der Waals surface area (Å²) < 4.78 is 5.98. The van der Waals surface area contributed by atoms with Gasteiger partial charge in [0.25, 0.3) is 0 Å². The van der Waals surface area contributed by atoms with Crippen molar-refractivity contribution >= 4 is 17.6 Å². The van der Waals surface area contributed by atoms with Crippen molar-refractivity contribution in [3.8, 4) is 11.5 Å². The number of rotatable bonds is 3. The Hall–Kier alpha value is -2.04. The predicted molar refractivity (Wildman–Crippen MR) is 83.8 cm³/mol. The van der Waals surface area contributed by atoms with Crippen molar-refractivity contribution in [1.29, 1.82) is 0 Å². The maximum absolute atomic E-state index is 12.0. The molecule has 0 bridgehead atoms. The van der Waals surface area contributed by atoms with E-state index in [1.54, 1.807) is 18.2 Å². The molecule has 2 atom stereocenters. The number of hydrogen-bond acceptors (Lipinski definition) is 2. The summed E-state index contributed by atoms with van der Waals surface area (Å²) in [6.45, 7) is 0.656. The number of carboxylic acids is 1. The number of halogens is 1. The molecule has 3 rings (SSSR count). The van der Waals surface area contributed by atoms with Crippen LogP contribution in [0.1, 0.15) is 23.0 Å². The number of carboxylic acid groups (broad SMARTS) is 1. The van der Waals surface area contributed by atoms with Crippen LogP contribution in [0.2, 0.25) is 5.02 Å². The molecule has 0 saturated heterocycles. The summed E-state index contributed by atoms with van der Waals surface area (Å²) in [4.78, 5) is 12.0. The quantitative estimate of drug-likeness (QED) is 0.914. The lowest BCUT2D eigenvalue weighted by molar-refractivity contribution is -0.629.